The Morgan fingerprint density at radius 1 is 1.24 bits per heavy atom. The molecular formula is C10H11N5O2. The van der Waals surface area contributed by atoms with E-state index in [0.29, 0.717) is 11.5 Å². The van der Waals surface area contributed by atoms with Crippen LogP contribution in [0.3, 0.4) is 0 Å². The van der Waals surface area contributed by atoms with Crippen LogP contribution in [0.2, 0.25) is 0 Å². The van der Waals surface area contributed by atoms with Crippen LogP contribution in [-0.2, 0) is 0 Å². The second-order valence-electron chi connectivity index (χ2n) is 3.09. The maximum atomic E-state index is 5.18. The van der Waals surface area contributed by atoms with Gasteiger partial charge in [0.25, 0.3) is 0 Å². The van der Waals surface area contributed by atoms with Gasteiger partial charge in [0.15, 0.2) is 17.8 Å². The SMILES string of the molecule is COc1ccc(C=Nn2cnnn2)cc1OC. The topological polar surface area (TPSA) is 74.4 Å². The summed E-state index contributed by atoms with van der Waals surface area (Å²) in [4.78, 5) is 1.26. The van der Waals surface area contributed by atoms with E-state index >= 15 is 0 Å². The van der Waals surface area contributed by atoms with Crippen molar-refractivity contribution in [1.29, 1.82) is 0 Å². The molecule has 0 spiro atoms. The minimum Gasteiger partial charge on any atom is -0.493 e. The molecule has 2 rings (SSSR count). The third-order valence-electron chi connectivity index (χ3n) is 2.07. The van der Waals surface area contributed by atoms with Crippen LogP contribution in [0.1, 0.15) is 5.56 Å². The molecule has 0 unspecified atom stereocenters. The molecule has 7 heteroatoms. The molecule has 0 saturated carbocycles. The predicted octanol–water partition coefficient (Wildman–Crippen LogP) is 0.572. The van der Waals surface area contributed by atoms with E-state index in [1.165, 1.54) is 11.1 Å². The van der Waals surface area contributed by atoms with Crippen LogP contribution in [0, 0.1) is 0 Å². The van der Waals surface area contributed by atoms with Gasteiger partial charge in [-0.1, -0.05) is 0 Å². The van der Waals surface area contributed by atoms with Gasteiger partial charge in [0.2, 0.25) is 0 Å². The van der Waals surface area contributed by atoms with Gasteiger partial charge in [0.05, 0.1) is 20.4 Å². The Balaban J connectivity index is 2.22. The molecule has 1 heterocycles. The Morgan fingerprint density at radius 3 is 2.71 bits per heavy atom. The number of benzene rings is 1. The number of nitrogens with zero attached hydrogens (tertiary/aromatic N) is 5. The minimum atomic E-state index is 0.646. The maximum Gasteiger partial charge on any atom is 0.164 e. The highest BCUT2D eigenvalue weighted by molar-refractivity contribution is 5.80. The van der Waals surface area contributed by atoms with Gasteiger partial charge in [-0.25, -0.2) is 0 Å². The van der Waals surface area contributed by atoms with Gasteiger partial charge < -0.3 is 9.47 Å². The molecule has 88 valence electrons. The second kappa shape index (κ2) is 5.06. The number of ether oxygens (including phenoxy) is 2. The molecule has 0 aliphatic heterocycles. The summed E-state index contributed by atoms with van der Waals surface area (Å²) in [5.74, 6) is 1.32. The molecule has 0 bridgehead atoms. The van der Waals surface area contributed by atoms with Crippen LogP contribution in [0.4, 0.5) is 0 Å². The van der Waals surface area contributed by atoms with Crippen molar-refractivity contribution in [3.05, 3.63) is 30.1 Å². The highest BCUT2D eigenvalue weighted by Gasteiger charge is 2.02. The standard InChI is InChI=1S/C10H11N5O2/c1-16-9-4-3-8(5-10(9)17-2)6-12-15-7-11-13-14-15/h3-7H,1-2H3. The summed E-state index contributed by atoms with van der Waals surface area (Å²) in [6.07, 6.45) is 3.02. The average Bonchev–Trinajstić information content (AvgIpc) is 2.89. The minimum absolute atomic E-state index is 0.646. The van der Waals surface area contributed by atoms with Crippen LogP contribution in [0.5, 0.6) is 11.5 Å². The Bertz CT molecular complexity index is 509. The first-order valence-electron chi connectivity index (χ1n) is 4.83. The first-order chi connectivity index (χ1) is 8.33. The van der Waals surface area contributed by atoms with E-state index in [4.69, 9.17) is 9.47 Å². The molecule has 0 fully saturated rings. The molecule has 0 amide bonds. The molecule has 0 aliphatic carbocycles. The van der Waals surface area contributed by atoms with E-state index in [1.807, 2.05) is 12.1 Å². The van der Waals surface area contributed by atoms with E-state index in [2.05, 4.69) is 20.6 Å². The fourth-order valence-electron chi connectivity index (χ4n) is 1.27. The van der Waals surface area contributed by atoms with Crippen molar-refractivity contribution in [2.24, 2.45) is 5.10 Å². The molecule has 17 heavy (non-hydrogen) atoms. The summed E-state index contributed by atoms with van der Waals surface area (Å²) >= 11 is 0. The zero-order chi connectivity index (χ0) is 12.1. The fraction of sp³-hybridized carbons (Fsp3) is 0.200. The van der Waals surface area contributed by atoms with E-state index in [-0.39, 0.29) is 0 Å². The first-order valence-corrected chi connectivity index (χ1v) is 4.83. The smallest absolute Gasteiger partial charge is 0.164 e. The molecule has 7 nitrogen and oxygen atoms in total. The highest BCUT2D eigenvalue weighted by atomic mass is 16.5. The van der Waals surface area contributed by atoms with Gasteiger partial charge in [0.1, 0.15) is 0 Å². The van der Waals surface area contributed by atoms with Gasteiger partial charge in [-0.3, -0.25) is 0 Å². The molecule has 1 aromatic heterocycles. The van der Waals surface area contributed by atoms with Crippen LogP contribution >= 0.6 is 0 Å². The van der Waals surface area contributed by atoms with Crippen LogP contribution in [0.25, 0.3) is 0 Å². The zero-order valence-corrected chi connectivity index (χ0v) is 9.44. The van der Waals surface area contributed by atoms with Crippen LogP contribution in [0.15, 0.2) is 29.6 Å². The Kier molecular flexibility index (Phi) is 3.29. The molecule has 0 saturated heterocycles. The fourth-order valence-corrected chi connectivity index (χ4v) is 1.27. The molecule has 0 atom stereocenters. The summed E-state index contributed by atoms with van der Waals surface area (Å²) < 4.78 is 10.3. The molecule has 0 aliphatic rings. The lowest BCUT2D eigenvalue weighted by Crippen LogP contribution is -1.94. The maximum absolute atomic E-state index is 5.18. The normalized spacial score (nSPS) is 10.7. The number of methoxy groups -OCH3 is 2. The third-order valence-corrected chi connectivity index (χ3v) is 2.07. The summed E-state index contributed by atoms with van der Waals surface area (Å²) in [5, 5.41) is 14.6. The van der Waals surface area contributed by atoms with Crippen molar-refractivity contribution in [1.82, 2.24) is 20.3 Å². The Labute approximate surface area is 97.7 Å². The molecule has 0 N–H and O–H groups in total. The van der Waals surface area contributed by atoms with Crippen molar-refractivity contribution < 1.29 is 9.47 Å². The largest absolute Gasteiger partial charge is 0.493 e. The van der Waals surface area contributed by atoms with Crippen LogP contribution < -0.4 is 9.47 Å². The van der Waals surface area contributed by atoms with E-state index in [0.717, 1.165) is 5.56 Å². The number of rotatable bonds is 4. The first kappa shape index (κ1) is 11.1. The predicted molar refractivity (Wildman–Crippen MR) is 60.4 cm³/mol. The van der Waals surface area contributed by atoms with E-state index < -0.39 is 0 Å². The summed E-state index contributed by atoms with van der Waals surface area (Å²) in [6, 6.07) is 5.47. The lowest BCUT2D eigenvalue weighted by atomic mass is 10.2. The van der Waals surface area contributed by atoms with Gasteiger partial charge in [-0.15, -0.1) is 9.89 Å². The lowest BCUT2D eigenvalue weighted by Gasteiger charge is -2.07. The van der Waals surface area contributed by atoms with Crippen molar-refractivity contribution >= 4 is 6.21 Å². The summed E-state index contributed by atoms with van der Waals surface area (Å²) in [7, 11) is 3.17. The van der Waals surface area contributed by atoms with Crippen LogP contribution in [-0.4, -0.2) is 40.8 Å². The van der Waals surface area contributed by atoms with Crippen molar-refractivity contribution in [2.45, 2.75) is 0 Å². The van der Waals surface area contributed by atoms with E-state index in [9.17, 15) is 0 Å². The van der Waals surface area contributed by atoms with Gasteiger partial charge >= 0.3 is 0 Å². The zero-order valence-electron chi connectivity index (χ0n) is 9.44. The quantitative estimate of drug-likeness (QED) is 0.722. The summed E-state index contributed by atoms with van der Waals surface area (Å²) in [5.41, 5.74) is 0.859. The molecule has 0 radical (unpaired) electrons. The number of tetrazole rings is 1. The van der Waals surface area contributed by atoms with Gasteiger partial charge in [-0.05, 0) is 34.2 Å². The molecule has 1 aromatic carbocycles. The van der Waals surface area contributed by atoms with Crippen molar-refractivity contribution in [2.75, 3.05) is 14.2 Å². The molecule has 2 aromatic rings. The number of aromatic nitrogens is 4. The monoisotopic (exact) mass is 233 g/mol. The third kappa shape index (κ3) is 2.57. The average molecular weight is 233 g/mol. The summed E-state index contributed by atoms with van der Waals surface area (Å²) in [6.45, 7) is 0. The Hall–Kier alpha value is -2.44. The molecular weight excluding hydrogens is 222 g/mol. The van der Waals surface area contributed by atoms with Crippen molar-refractivity contribution in [3.63, 3.8) is 0 Å². The van der Waals surface area contributed by atoms with Crippen molar-refractivity contribution in [3.8, 4) is 11.5 Å². The Morgan fingerprint density at radius 2 is 2.06 bits per heavy atom. The van der Waals surface area contributed by atoms with Gasteiger partial charge in [-0.2, -0.15) is 5.10 Å². The number of hydrogen-bond acceptors (Lipinski definition) is 6. The number of hydrogen-bond donors (Lipinski definition) is 0. The van der Waals surface area contributed by atoms with E-state index in [1.54, 1.807) is 26.5 Å². The van der Waals surface area contributed by atoms with Gasteiger partial charge in [0, 0.05) is 0 Å². The lowest BCUT2D eigenvalue weighted by molar-refractivity contribution is 0.355. The highest BCUT2D eigenvalue weighted by Crippen LogP contribution is 2.26. The second-order valence-corrected chi connectivity index (χ2v) is 3.09.